The van der Waals surface area contributed by atoms with Gasteiger partial charge >= 0.3 is 0 Å². The molecular weight excluding hydrogens is 176 g/mol. The molecule has 0 amide bonds. The maximum Gasteiger partial charge on any atom is 0.151 e. The van der Waals surface area contributed by atoms with Crippen LogP contribution in [0.1, 0.15) is 39.5 Å². The molecule has 1 unspecified atom stereocenters. The quantitative estimate of drug-likeness (QED) is 0.623. The van der Waals surface area contributed by atoms with Gasteiger partial charge in [-0.3, -0.25) is 0 Å². The van der Waals surface area contributed by atoms with Gasteiger partial charge in [0.05, 0.1) is 0 Å². The summed E-state index contributed by atoms with van der Waals surface area (Å²) >= 11 is 0. The molecule has 0 radical (unpaired) electrons. The summed E-state index contributed by atoms with van der Waals surface area (Å²) < 4.78 is 0. The van der Waals surface area contributed by atoms with Crippen molar-refractivity contribution in [2.75, 3.05) is 0 Å². The summed E-state index contributed by atoms with van der Waals surface area (Å²) in [6, 6.07) is 0. The first kappa shape index (κ1) is 11.3. The summed E-state index contributed by atoms with van der Waals surface area (Å²) in [5.74, 6) is 5.43. The molecule has 2 N–H and O–H groups in total. The van der Waals surface area contributed by atoms with E-state index < -0.39 is 11.2 Å². The predicted molar refractivity (Wildman–Crippen MR) is 56.6 cm³/mol. The second-order valence-corrected chi connectivity index (χ2v) is 4.34. The van der Waals surface area contributed by atoms with Crippen molar-refractivity contribution in [3.05, 3.63) is 12.2 Å². The lowest BCUT2D eigenvalue weighted by Gasteiger charge is -2.34. The van der Waals surface area contributed by atoms with Gasteiger partial charge in [-0.05, 0) is 32.3 Å². The van der Waals surface area contributed by atoms with Crippen LogP contribution in [0.25, 0.3) is 0 Å². The normalized spacial score (nSPS) is 23.4. The maximum absolute atomic E-state index is 10.1. The topological polar surface area (TPSA) is 40.5 Å². The molecule has 2 heteroatoms. The Kier molecular flexibility index (Phi) is 3.04. The van der Waals surface area contributed by atoms with Crippen LogP contribution in [-0.4, -0.2) is 21.4 Å². The SMILES string of the molecule is C=C(C)C#CC(C)(O)C1(O)CCCC1. The van der Waals surface area contributed by atoms with E-state index in [1.807, 2.05) is 0 Å². The zero-order valence-electron chi connectivity index (χ0n) is 8.93. The first-order valence-electron chi connectivity index (χ1n) is 5.01. The van der Waals surface area contributed by atoms with Crippen molar-refractivity contribution in [3.63, 3.8) is 0 Å². The van der Waals surface area contributed by atoms with Gasteiger partial charge in [0.1, 0.15) is 5.60 Å². The Morgan fingerprint density at radius 2 is 1.93 bits per heavy atom. The van der Waals surface area contributed by atoms with Crippen molar-refractivity contribution in [2.24, 2.45) is 0 Å². The van der Waals surface area contributed by atoms with E-state index in [9.17, 15) is 10.2 Å². The third-order valence-electron chi connectivity index (χ3n) is 2.86. The zero-order valence-corrected chi connectivity index (χ0v) is 8.93. The van der Waals surface area contributed by atoms with Crippen molar-refractivity contribution in [3.8, 4) is 11.8 Å². The average molecular weight is 194 g/mol. The molecule has 1 saturated carbocycles. The zero-order chi connectivity index (χ0) is 10.8. The summed E-state index contributed by atoms with van der Waals surface area (Å²) in [6.45, 7) is 7.00. The summed E-state index contributed by atoms with van der Waals surface area (Å²) in [5.41, 5.74) is -1.65. The number of hydrogen-bond donors (Lipinski definition) is 2. The minimum atomic E-state index is -1.32. The highest BCUT2D eigenvalue weighted by molar-refractivity contribution is 5.30. The van der Waals surface area contributed by atoms with E-state index >= 15 is 0 Å². The highest BCUT2D eigenvalue weighted by Crippen LogP contribution is 2.37. The molecule has 0 aromatic rings. The second kappa shape index (κ2) is 3.76. The fourth-order valence-electron chi connectivity index (χ4n) is 1.79. The van der Waals surface area contributed by atoms with Crippen LogP contribution in [-0.2, 0) is 0 Å². The fourth-order valence-corrected chi connectivity index (χ4v) is 1.79. The van der Waals surface area contributed by atoms with E-state index in [1.165, 1.54) is 0 Å². The first-order chi connectivity index (χ1) is 6.37. The molecule has 1 fully saturated rings. The lowest BCUT2D eigenvalue weighted by molar-refractivity contribution is -0.102. The Balaban J connectivity index is 2.84. The Morgan fingerprint density at radius 3 is 2.36 bits per heavy atom. The van der Waals surface area contributed by atoms with Crippen LogP contribution in [0.3, 0.4) is 0 Å². The lowest BCUT2D eigenvalue weighted by Crippen LogP contribution is -2.49. The van der Waals surface area contributed by atoms with Crippen molar-refractivity contribution in [1.29, 1.82) is 0 Å². The molecule has 0 aromatic carbocycles. The lowest BCUT2D eigenvalue weighted by atomic mass is 9.83. The fraction of sp³-hybridized carbons (Fsp3) is 0.667. The molecule has 0 spiro atoms. The Labute approximate surface area is 85.6 Å². The van der Waals surface area contributed by atoms with Crippen molar-refractivity contribution in [1.82, 2.24) is 0 Å². The molecule has 14 heavy (non-hydrogen) atoms. The van der Waals surface area contributed by atoms with Crippen molar-refractivity contribution in [2.45, 2.75) is 50.7 Å². The van der Waals surface area contributed by atoms with Gasteiger partial charge in [0.2, 0.25) is 0 Å². The van der Waals surface area contributed by atoms with Crippen LogP contribution in [0, 0.1) is 11.8 Å². The molecule has 2 nitrogen and oxygen atoms in total. The number of allylic oxidation sites excluding steroid dienone is 1. The van der Waals surface area contributed by atoms with Gasteiger partial charge in [-0.2, -0.15) is 0 Å². The van der Waals surface area contributed by atoms with Crippen LogP contribution in [0.15, 0.2) is 12.2 Å². The van der Waals surface area contributed by atoms with E-state index in [2.05, 4.69) is 18.4 Å². The summed E-state index contributed by atoms with van der Waals surface area (Å²) in [7, 11) is 0. The number of aliphatic hydroxyl groups is 2. The maximum atomic E-state index is 10.1. The number of rotatable bonds is 1. The largest absolute Gasteiger partial charge is 0.386 e. The molecule has 0 bridgehead atoms. The van der Waals surface area contributed by atoms with E-state index in [0.717, 1.165) is 12.8 Å². The third-order valence-corrected chi connectivity index (χ3v) is 2.86. The highest BCUT2D eigenvalue weighted by Gasteiger charge is 2.46. The van der Waals surface area contributed by atoms with E-state index in [0.29, 0.717) is 18.4 Å². The van der Waals surface area contributed by atoms with Crippen LogP contribution in [0.4, 0.5) is 0 Å². The van der Waals surface area contributed by atoms with Gasteiger partial charge in [0.15, 0.2) is 5.60 Å². The predicted octanol–water partition coefficient (Wildman–Crippen LogP) is 1.62. The van der Waals surface area contributed by atoms with Gasteiger partial charge in [0.25, 0.3) is 0 Å². The number of hydrogen-bond acceptors (Lipinski definition) is 2. The van der Waals surface area contributed by atoms with Crippen molar-refractivity contribution < 1.29 is 10.2 Å². The Bertz CT molecular complexity index is 285. The third kappa shape index (κ3) is 2.17. The molecule has 0 aliphatic heterocycles. The van der Waals surface area contributed by atoms with Gasteiger partial charge < -0.3 is 10.2 Å². The van der Waals surface area contributed by atoms with Gasteiger partial charge in [-0.25, -0.2) is 0 Å². The summed E-state index contributed by atoms with van der Waals surface area (Å²) in [5, 5.41) is 20.2. The monoisotopic (exact) mass is 194 g/mol. The Hall–Kier alpha value is -0.780. The minimum absolute atomic E-state index is 0.630. The molecule has 0 heterocycles. The minimum Gasteiger partial charge on any atom is -0.386 e. The van der Waals surface area contributed by atoms with Crippen LogP contribution in [0.2, 0.25) is 0 Å². The van der Waals surface area contributed by atoms with Crippen molar-refractivity contribution >= 4 is 0 Å². The first-order valence-corrected chi connectivity index (χ1v) is 5.01. The van der Waals surface area contributed by atoms with Gasteiger partial charge in [-0.15, -0.1) is 0 Å². The molecule has 1 rings (SSSR count). The second-order valence-electron chi connectivity index (χ2n) is 4.34. The molecule has 0 aromatic heterocycles. The molecule has 1 aliphatic rings. The van der Waals surface area contributed by atoms with Crippen LogP contribution >= 0.6 is 0 Å². The average Bonchev–Trinajstić information content (AvgIpc) is 2.50. The van der Waals surface area contributed by atoms with Crippen LogP contribution < -0.4 is 0 Å². The van der Waals surface area contributed by atoms with E-state index in [-0.39, 0.29) is 0 Å². The molecule has 0 saturated heterocycles. The molecule has 78 valence electrons. The summed E-state index contributed by atoms with van der Waals surface area (Å²) in [6.07, 6.45) is 3.18. The Morgan fingerprint density at radius 1 is 1.43 bits per heavy atom. The smallest absolute Gasteiger partial charge is 0.151 e. The molecular formula is C12H18O2. The highest BCUT2D eigenvalue weighted by atomic mass is 16.4. The molecule has 1 aliphatic carbocycles. The van der Waals surface area contributed by atoms with E-state index in [4.69, 9.17) is 0 Å². The van der Waals surface area contributed by atoms with Crippen LogP contribution in [0.5, 0.6) is 0 Å². The van der Waals surface area contributed by atoms with E-state index in [1.54, 1.807) is 13.8 Å². The van der Waals surface area contributed by atoms with Gasteiger partial charge in [-0.1, -0.05) is 31.3 Å². The standard InChI is InChI=1S/C12H18O2/c1-10(2)6-9-11(3,13)12(14)7-4-5-8-12/h13-14H,1,4-5,7-8H2,2-3H3. The van der Waals surface area contributed by atoms with Gasteiger partial charge in [0, 0.05) is 0 Å². The summed E-state index contributed by atoms with van der Waals surface area (Å²) in [4.78, 5) is 0. The molecule has 1 atom stereocenters.